The number of hydrogen-bond acceptors (Lipinski definition) is 6. The van der Waals surface area contributed by atoms with Crippen LogP contribution in [0.3, 0.4) is 0 Å². The van der Waals surface area contributed by atoms with E-state index in [1.165, 1.54) is 16.8 Å². The van der Waals surface area contributed by atoms with Crippen molar-refractivity contribution >= 4 is 5.69 Å². The largest absolute Gasteiger partial charge is 0.457 e. The van der Waals surface area contributed by atoms with Crippen LogP contribution in [0, 0.1) is 13.8 Å². The summed E-state index contributed by atoms with van der Waals surface area (Å²) >= 11 is 0. The fourth-order valence-electron chi connectivity index (χ4n) is 4.67. The Balaban J connectivity index is 1.04. The van der Waals surface area contributed by atoms with Gasteiger partial charge >= 0.3 is 0 Å². The minimum atomic E-state index is 0.671. The number of nitrogens with zero attached hydrogens (tertiary/aromatic N) is 3. The molecule has 0 amide bonds. The molecule has 1 fully saturated rings. The van der Waals surface area contributed by atoms with Crippen molar-refractivity contribution < 1.29 is 9.26 Å². The van der Waals surface area contributed by atoms with Gasteiger partial charge in [-0.05, 0) is 61.9 Å². The molecule has 2 heterocycles. The zero-order valence-electron chi connectivity index (χ0n) is 21.1. The van der Waals surface area contributed by atoms with Gasteiger partial charge in [0.15, 0.2) is 5.76 Å². The van der Waals surface area contributed by atoms with E-state index in [4.69, 9.17) is 9.26 Å². The number of ether oxygens (including phenoxy) is 1. The topological polar surface area (TPSA) is 53.8 Å². The van der Waals surface area contributed by atoms with E-state index in [1.54, 1.807) is 0 Å². The predicted molar refractivity (Wildman–Crippen MR) is 145 cm³/mol. The summed E-state index contributed by atoms with van der Waals surface area (Å²) in [6.07, 6.45) is 0. The highest BCUT2D eigenvalue weighted by Crippen LogP contribution is 2.26. The fraction of sp³-hybridized carbons (Fsp3) is 0.300. The Hall–Kier alpha value is -3.61. The lowest BCUT2D eigenvalue weighted by atomic mass is 10.1. The molecule has 0 spiro atoms. The molecule has 0 unspecified atom stereocenters. The molecule has 1 saturated heterocycles. The molecule has 186 valence electrons. The third-order valence-electron chi connectivity index (χ3n) is 6.66. The molecule has 0 bridgehead atoms. The van der Waals surface area contributed by atoms with Crippen molar-refractivity contribution in [3.05, 3.63) is 95.7 Å². The first-order valence-electron chi connectivity index (χ1n) is 12.7. The van der Waals surface area contributed by atoms with E-state index < -0.39 is 0 Å². The lowest BCUT2D eigenvalue weighted by Gasteiger charge is -2.37. The maximum atomic E-state index is 5.87. The molecule has 5 rings (SSSR count). The van der Waals surface area contributed by atoms with E-state index in [-0.39, 0.29) is 0 Å². The van der Waals surface area contributed by atoms with Gasteiger partial charge in [0.05, 0.1) is 6.54 Å². The maximum Gasteiger partial charge on any atom is 0.151 e. The van der Waals surface area contributed by atoms with Crippen LogP contribution in [0.5, 0.6) is 11.5 Å². The van der Waals surface area contributed by atoms with Gasteiger partial charge in [0.25, 0.3) is 0 Å². The van der Waals surface area contributed by atoms with Crippen molar-refractivity contribution in [1.29, 1.82) is 0 Å². The smallest absolute Gasteiger partial charge is 0.151 e. The number of rotatable bonds is 9. The summed E-state index contributed by atoms with van der Waals surface area (Å²) < 4.78 is 11.4. The van der Waals surface area contributed by atoms with Gasteiger partial charge in [0.1, 0.15) is 17.2 Å². The van der Waals surface area contributed by atoms with Crippen LogP contribution < -0.4 is 15.0 Å². The lowest BCUT2D eigenvalue weighted by Crippen LogP contribution is -2.48. The van der Waals surface area contributed by atoms with Gasteiger partial charge in [-0.25, -0.2) is 0 Å². The molecule has 3 aromatic carbocycles. The van der Waals surface area contributed by atoms with E-state index in [1.807, 2.05) is 60.7 Å². The number of para-hydroxylation sites is 1. The van der Waals surface area contributed by atoms with E-state index >= 15 is 0 Å². The molecule has 0 saturated carbocycles. The molecule has 1 aromatic heterocycles. The molecule has 0 atom stereocenters. The average molecular weight is 483 g/mol. The molecular formula is C30H34N4O2. The first-order chi connectivity index (χ1) is 17.6. The van der Waals surface area contributed by atoms with Crippen LogP contribution in [0.1, 0.15) is 16.9 Å². The van der Waals surface area contributed by atoms with Crippen LogP contribution in [0.15, 0.2) is 83.4 Å². The number of benzene rings is 3. The number of aryl methyl sites for hydroxylation is 2. The normalized spacial score (nSPS) is 14.2. The van der Waals surface area contributed by atoms with Gasteiger partial charge in [0, 0.05) is 56.6 Å². The number of hydrogen-bond donors (Lipinski definition) is 1. The molecule has 0 radical (unpaired) electrons. The molecule has 4 aromatic rings. The Morgan fingerprint density at radius 1 is 0.861 bits per heavy atom. The van der Waals surface area contributed by atoms with Gasteiger partial charge in [-0.1, -0.05) is 41.1 Å². The molecule has 6 nitrogen and oxygen atoms in total. The minimum absolute atomic E-state index is 0.671. The number of anilines is 1. The molecule has 6 heteroatoms. The van der Waals surface area contributed by atoms with Gasteiger partial charge < -0.3 is 19.5 Å². The van der Waals surface area contributed by atoms with Gasteiger partial charge in [-0.2, -0.15) is 0 Å². The Morgan fingerprint density at radius 2 is 1.61 bits per heavy atom. The minimum Gasteiger partial charge on any atom is -0.457 e. The predicted octanol–water partition coefficient (Wildman–Crippen LogP) is 5.66. The second-order valence-electron chi connectivity index (χ2n) is 9.41. The SMILES string of the molecule is Cc1ccc(N2CCN(CCNCc3cc(-c4ccc(Oc5ccccc5)cc4)no3)CC2)c(C)c1. The van der Waals surface area contributed by atoms with E-state index in [0.29, 0.717) is 6.54 Å². The van der Waals surface area contributed by atoms with E-state index in [2.05, 4.69) is 52.3 Å². The Bertz CT molecular complexity index is 1250. The van der Waals surface area contributed by atoms with Gasteiger partial charge in [0.2, 0.25) is 0 Å². The second-order valence-corrected chi connectivity index (χ2v) is 9.41. The third-order valence-corrected chi connectivity index (χ3v) is 6.66. The first-order valence-corrected chi connectivity index (χ1v) is 12.7. The van der Waals surface area contributed by atoms with Crippen molar-refractivity contribution in [3.8, 4) is 22.8 Å². The number of piperazine rings is 1. The Kier molecular flexibility index (Phi) is 7.64. The number of nitrogens with one attached hydrogen (secondary N) is 1. The molecule has 36 heavy (non-hydrogen) atoms. The molecule has 1 aliphatic heterocycles. The first kappa shape index (κ1) is 24.1. The molecular weight excluding hydrogens is 448 g/mol. The lowest BCUT2D eigenvalue weighted by molar-refractivity contribution is 0.255. The quantitative estimate of drug-likeness (QED) is 0.311. The number of aromatic nitrogens is 1. The van der Waals surface area contributed by atoms with Gasteiger partial charge in [-0.3, -0.25) is 4.90 Å². The van der Waals surface area contributed by atoms with E-state index in [0.717, 1.165) is 67.8 Å². The van der Waals surface area contributed by atoms with E-state index in [9.17, 15) is 0 Å². The standard InChI is InChI=1S/C30H34N4O2/c1-23-8-13-30(24(2)20-23)34-18-16-33(17-19-34)15-14-31-22-28-21-29(32-36-28)25-9-11-27(12-10-25)35-26-6-4-3-5-7-26/h3-13,20-21,31H,14-19,22H2,1-2H3. The maximum absolute atomic E-state index is 5.87. The van der Waals surface area contributed by atoms with Crippen molar-refractivity contribution in [1.82, 2.24) is 15.4 Å². The van der Waals surface area contributed by atoms with Crippen molar-refractivity contribution in [2.24, 2.45) is 0 Å². The summed E-state index contributed by atoms with van der Waals surface area (Å²) in [6.45, 7) is 11.3. The zero-order chi connectivity index (χ0) is 24.7. The zero-order valence-corrected chi connectivity index (χ0v) is 21.1. The van der Waals surface area contributed by atoms with Gasteiger partial charge in [-0.15, -0.1) is 0 Å². The summed E-state index contributed by atoms with van der Waals surface area (Å²) in [4.78, 5) is 5.03. The highest BCUT2D eigenvalue weighted by molar-refractivity contribution is 5.60. The summed E-state index contributed by atoms with van der Waals surface area (Å²) in [5, 5.41) is 7.75. The Morgan fingerprint density at radius 3 is 2.36 bits per heavy atom. The van der Waals surface area contributed by atoms with Crippen LogP contribution in [0.2, 0.25) is 0 Å². The van der Waals surface area contributed by atoms with Crippen LogP contribution in [0.4, 0.5) is 5.69 Å². The summed E-state index contributed by atoms with van der Waals surface area (Å²) in [6, 6.07) is 26.4. The third kappa shape index (κ3) is 6.14. The molecule has 1 N–H and O–H groups in total. The fourth-order valence-corrected chi connectivity index (χ4v) is 4.67. The van der Waals surface area contributed by atoms with Crippen LogP contribution in [-0.2, 0) is 6.54 Å². The summed E-state index contributed by atoms with van der Waals surface area (Å²) in [5.74, 6) is 2.46. The van der Waals surface area contributed by atoms with Crippen LogP contribution in [-0.4, -0.2) is 49.3 Å². The monoisotopic (exact) mass is 482 g/mol. The van der Waals surface area contributed by atoms with Crippen molar-refractivity contribution in [2.75, 3.05) is 44.2 Å². The molecule has 0 aliphatic carbocycles. The van der Waals surface area contributed by atoms with Crippen molar-refractivity contribution in [2.45, 2.75) is 20.4 Å². The second kappa shape index (κ2) is 11.4. The average Bonchev–Trinajstić information content (AvgIpc) is 3.37. The van der Waals surface area contributed by atoms with Crippen LogP contribution >= 0.6 is 0 Å². The highest BCUT2D eigenvalue weighted by atomic mass is 16.5. The Labute approximate surface area is 213 Å². The molecule has 1 aliphatic rings. The van der Waals surface area contributed by atoms with Crippen molar-refractivity contribution in [3.63, 3.8) is 0 Å². The summed E-state index contributed by atoms with van der Waals surface area (Å²) in [5.41, 5.74) is 5.91. The highest BCUT2D eigenvalue weighted by Gasteiger charge is 2.18. The summed E-state index contributed by atoms with van der Waals surface area (Å²) in [7, 11) is 0. The van der Waals surface area contributed by atoms with Crippen LogP contribution in [0.25, 0.3) is 11.3 Å².